The highest BCUT2D eigenvalue weighted by atomic mass is 32.1. The third-order valence-corrected chi connectivity index (χ3v) is 4.76. The third-order valence-electron chi connectivity index (χ3n) is 3.62. The van der Waals surface area contributed by atoms with Gasteiger partial charge in [-0.1, -0.05) is 36.4 Å². The molecule has 0 radical (unpaired) electrons. The van der Waals surface area contributed by atoms with E-state index >= 15 is 0 Å². The van der Waals surface area contributed by atoms with Crippen molar-refractivity contribution < 1.29 is 9.90 Å². The zero-order valence-corrected chi connectivity index (χ0v) is 12.3. The van der Waals surface area contributed by atoms with Gasteiger partial charge in [0.2, 0.25) is 0 Å². The molecule has 0 aliphatic carbocycles. The Hall–Kier alpha value is -2.72. The highest BCUT2D eigenvalue weighted by Crippen LogP contribution is 2.34. The Bertz CT molecular complexity index is 987. The second-order valence-corrected chi connectivity index (χ2v) is 6.11. The van der Waals surface area contributed by atoms with E-state index in [1.165, 1.54) is 4.70 Å². The van der Waals surface area contributed by atoms with Crippen LogP contribution in [0.5, 0.6) is 0 Å². The normalized spacial score (nSPS) is 11.1. The highest BCUT2D eigenvalue weighted by molar-refractivity contribution is 7.22. The van der Waals surface area contributed by atoms with Crippen molar-refractivity contribution >= 4 is 38.3 Å². The van der Waals surface area contributed by atoms with Crippen molar-refractivity contribution in [1.82, 2.24) is 4.98 Å². The topological polar surface area (TPSA) is 50.2 Å². The number of carboxylic acids is 1. The average molecular weight is 305 g/mol. The molecule has 0 atom stereocenters. The molecule has 2 heterocycles. The number of pyridine rings is 1. The Morgan fingerprint density at radius 2 is 1.77 bits per heavy atom. The first-order chi connectivity index (χ1) is 10.7. The van der Waals surface area contributed by atoms with Crippen molar-refractivity contribution in [2.24, 2.45) is 0 Å². The second kappa shape index (κ2) is 4.93. The number of fused-ring (bicyclic) bond motifs is 2. The van der Waals surface area contributed by atoms with Crippen LogP contribution in [-0.4, -0.2) is 16.1 Å². The number of aromatic nitrogens is 1. The first kappa shape index (κ1) is 13.0. The number of hydrogen-bond donors (Lipinski definition) is 1. The summed E-state index contributed by atoms with van der Waals surface area (Å²) >= 11 is 1.62. The average Bonchev–Trinajstić information content (AvgIpc) is 2.97. The van der Waals surface area contributed by atoms with Crippen LogP contribution in [0.4, 0.5) is 0 Å². The van der Waals surface area contributed by atoms with Crippen molar-refractivity contribution in [2.45, 2.75) is 0 Å². The maximum Gasteiger partial charge on any atom is 0.336 e. The van der Waals surface area contributed by atoms with E-state index in [2.05, 4.69) is 23.2 Å². The number of aromatic carboxylic acids is 1. The standard InChI is InChI=1S/C18H11NO2S/c20-18(21)13-10-15(19-14-7-3-2-6-12(13)14)17-9-11-5-1-4-8-16(11)22-17/h1-10H,(H,20,21). The van der Waals surface area contributed by atoms with E-state index in [-0.39, 0.29) is 5.56 Å². The van der Waals surface area contributed by atoms with Gasteiger partial charge in [0, 0.05) is 10.1 Å². The SMILES string of the molecule is O=C(O)c1cc(-c2cc3ccccc3s2)nc2ccccc12. The van der Waals surface area contributed by atoms with E-state index in [1.54, 1.807) is 23.5 Å². The molecule has 0 fully saturated rings. The van der Waals surface area contributed by atoms with Gasteiger partial charge in [-0.25, -0.2) is 9.78 Å². The lowest BCUT2D eigenvalue weighted by molar-refractivity contribution is 0.0699. The number of para-hydroxylation sites is 1. The lowest BCUT2D eigenvalue weighted by Crippen LogP contribution is -1.99. The zero-order valence-electron chi connectivity index (χ0n) is 11.5. The molecule has 0 aliphatic heterocycles. The third kappa shape index (κ3) is 2.05. The number of carbonyl (C=O) groups is 1. The van der Waals surface area contributed by atoms with Gasteiger partial charge in [0.05, 0.1) is 21.7 Å². The predicted octanol–water partition coefficient (Wildman–Crippen LogP) is 4.81. The monoisotopic (exact) mass is 305 g/mol. The molecule has 0 amide bonds. The molecule has 3 nitrogen and oxygen atoms in total. The largest absolute Gasteiger partial charge is 0.478 e. The number of carboxylic acid groups (broad SMARTS) is 1. The van der Waals surface area contributed by atoms with E-state index < -0.39 is 5.97 Å². The quantitative estimate of drug-likeness (QED) is 0.578. The molecule has 22 heavy (non-hydrogen) atoms. The summed E-state index contributed by atoms with van der Waals surface area (Å²) < 4.78 is 1.17. The van der Waals surface area contributed by atoms with Crippen LogP contribution in [0.15, 0.2) is 60.7 Å². The summed E-state index contributed by atoms with van der Waals surface area (Å²) in [6, 6.07) is 19.2. The van der Waals surface area contributed by atoms with E-state index in [4.69, 9.17) is 0 Å². The molecule has 0 saturated carbocycles. The van der Waals surface area contributed by atoms with Crippen LogP contribution in [-0.2, 0) is 0 Å². The molecule has 1 N–H and O–H groups in total. The van der Waals surface area contributed by atoms with E-state index in [0.29, 0.717) is 16.6 Å². The summed E-state index contributed by atoms with van der Waals surface area (Å²) in [5.41, 5.74) is 1.70. The number of benzene rings is 2. The smallest absolute Gasteiger partial charge is 0.336 e. The maximum atomic E-state index is 11.5. The van der Waals surface area contributed by atoms with Crippen molar-refractivity contribution in [2.75, 3.05) is 0 Å². The Kier molecular flexibility index (Phi) is 2.91. The van der Waals surface area contributed by atoms with Crippen LogP contribution in [0.1, 0.15) is 10.4 Å². The molecule has 0 aliphatic rings. The Morgan fingerprint density at radius 1 is 1.00 bits per heavy atom. The van der Waals surface area contributed by atoms with Crippen LogP contribution in [0, 0.1) is 0 Å². The van der Waals surface area contributed by atoms with Crippen LogP contribution in [0.2, 0.25) is 0 Å². The highest BCUT2D eigenvalue weighted by Gasteiger charge is 2.14. The molecule has 4 heteroatoms. The zero-order chi connectivity index (χ0) is 15.1. The predicted molar refractivity (Wildman–Crippen MR) is 89.5 cm³/mol. The lowest BCUT2D eigenvalue weighted by Gasteiger charge is -2.05. The summed E-state index contributed by atoms with van der Waals surface area (Å²) in [6.07, 6.45) is 0. The molecule has 2 aromatic heterocycles. The first-order valence-corrected chi connectivity index (χ1v) is 7.66. The minimum Gasteiger partial charge on any atom is -0.478 e. The van der Waals surface area contributed by atoms with E-state index in [1.807, 2.05) is 30.3 Å². The molecule has 4 aromatic rings. The van der Waals surface area contributed by atoms with Gasteiger partial charge in [-0.2, -0.15) is 0 Å². The molecule has 0 unspecified atom stereocenters. The second-order valence-electron chi connectivity index (χ2n) is 5.03. The van der Waals surface area contributed by atoms with Crippen molar-refractivity contribution in [1.29, 1.82) is 0 Å². The van der Waals surface area contributed by atoms with Crippen LogP contribution >= 0.6 is 11.3 Å². The number of rotatable bonds is 2. The fraction of sp³-hybridized carbons (Fsp3) is 0. The van der Waals surface area contributed by atoms with Crippen LogP contribution in [0.3, 0.4) is 0 Å². The summed E-state index contributed by atoms with van der Waals surface area (Å²) in [7, 11) is 0. The first-order valence-electron chi connectivity index (χ1n) is 6.84. The molecule has 0 saturated heterocycles. The fourth-order valence-electron chi connectivity index (χ4n) is 2.59. The van der Waals surface area contributed by atoms with Crippen molar-refractivity contribution in [3.8, 4) is 10.6 Å². The summed E-state index contributed by atoms with van der Waals surface area (Å²) in [5.74, 6) is -0.930. The molecular weight excluding hydrogens is 294 g/mol. The van der Waals surface area contributed by atoms with Crippen molar-refractivity contribution in [3.63, 3.8) is 0 Å². The van der Waals surface area contributed by atoms with Gasteiger partial charge in [0.15, 0.2) is 0 Å². The summed E-state index contributed by atoms with van der Waals surface area (Å²) in [6.45, 7) is 0. The Morgan fingerprint density at radius 3 is 2.59 bits per heavy atom. The Labute approximate surface area is 130 Å². The van der Waals surface area contributed by atoms with Gasteiger partial charge in [-0.05, 0) is 29.7 Å². The van der Waals surface area contributed by atoms with Gasteiger partial charge in [-0.15, -0.1) is 11.3 Å². The Balaban J connectivity index is 2.00. The molecule has 2 aromatic carbocycles. The molecule has 0 spiro atoms. The fourth-order valence-corrected chi connectivity index (χ4v) is 3.61. The van der Waals surface area contributed by atoms with Crippen LogP contribution in [0.25, 0.3) is 31.6 Å². The summed E-state index contributed by atoms with van der Waals surface area (Å²) in [5, 5.41) is 11.3. The lowest BCUT2D eigenvalue weighted by atomic mass is 10.1. The molecule has 4 rings (SSSR count). The minimum atomic E-state index is -0.930. The minimum absolute atomic E-state index is 0.290. The molecular formula is C18H11NO2S. The van der Waals surface area contributed by atoms with Gasteiger partial charge in [-0.3, -0.25) is 0 Å². The van der Waals surface area contributed by atoms with E-state index in [0.717, 1.165) is 10.3 Å². The number of thiophene rings is 1. The van der Waals surface area contributed by atoms with Gasteiger partial charge in [0.25, 0.3) is 0 Å². The summed E-state index contributed by atoms with van der Waals surface area (Å²) in [4.78, 5) is 17.2. The molecule has 0 bridgehead atoms. The van der Waals surface area contributed by atoms with Crippen molar-refractivity contribution in [3.05, 3.63) is 66.2 Å². The number of hydrogen-bond acceptors (Lipinski definition) is 3. The van der Waals surface area contributed by atoms with Gasteiger partial charge in [0.1, 0.15) is 0 Å². The van der Waals surface area contributed by atoms with Crippen LogP contribution < -0.4 is 0 Å². The number of nitrogens with zero attached hydrogens (tertiary/aromatic N) is 1. The van der Waals surface area contributed by atoms with Gasteiger partial charge < -0.3 is 5.11 Å². The van der Waals surface area contributed by atoms with Gasteiger partial charge >= 0.3 is 5.97 Å². The van der Waals surface area contributed by atoms with E-state index in [9.17, 15) is 9.90 Å². The maximum absolute atomic E-state index is 11.5. The molecule has 106 valence electrons.